The summed E-state index contributed by atoms with van der Waals surface area (Å²) in [5, 5.41) is 0. The van der Waals surface area contributed by atoms with Gasteiger partial charge in [0.15, 0.2) is 0 Å². The van der Waals surface area contributed by atoms with E-state index in [4.69, 9.17) is 8.76 Å². The smallest absolute Gasteiger partial charge is 0.0378 e. The molecule has 34 valence electrons. The first-order valence-corrected chi connectivity index (χ1v) is 3.12. The van der Waals surface area contributed by atoms with Crippen molar-refractivity contribution in [3.8, 4) is 0 Å². The number of rotatable bonds is 0. The van der Waals surface area contributed by atoms with Crippen molar-refractivity contribution in [2.45, 2.75) is 0 Å². The van der Waals surface area contributed by atoms with Crippen LogP contribution in [0.25, 0.3) is 0 Å². The Labute approximate surface area is 35.0 Å². The van der Waals surface area contributed by atoms with Gasteiger partial charge in [0.2, 0.25) is 0 Å². The van der Waals surface area contributed by atoms with Crippen LogP contribution in [0.3, 0.4) is 0 Å². The van der Waals surface area contributed by atoms with Crippen LogP contribution in [0.1, 0.15) is 0 Å². The van der Waals surface area contributed by atoms with Gasteiger partial charge in [-0.2, -0.15) is 0 Å². The zero-order chi connectivity index (χ0) is 3.58. The van der Waals surface area contributed by atoms with E-state index in [1.54, 1.807) is 8.44 Å². The van der Waals surface area contributed by atoms with Gasteiger partial charge in [-0.1, -0.05) is 8.44 Å². The Morgan fingerprint density at radius 3 is 1.80 bits per heavy atom. The molecule has 3 N–H and O–H groups in total. The fourth-order valence-electron chi connectivity index (χ4n) is 0. The molecule has 0 rings (SSSR count). The van der Waals surface area contributed by atoms with Crippen molar-refractivity contribution < 1.29 is 8.76 Å². The van der Waals surface area contributed by atoms with Gasteiger partial charge in [0.05, 0.1) is 0 Å². The molecule has 0 spiro atoms. The molecular weight excluding hydrogens is 109 g/mol. The van der Waals surface area contributed by atoms with E-state index in [1.165, 1.54) is 0 Å². The van der Waals surface area contributed by atoms with Gasteiger partial charge in [0.25, 0.3) is 0 Å². The summed E-state index contributed by atoms with van der Waals surface area (Å²) in [4.78, 5) is 0. The summed E-state index contributed by atoms with van der Waals surface area (Å²) in [6.45, 7) is 0. The lowest BCUT2D eigenvalue weighted by Gasteiger charge is -1.84. The second kappa shape index (κ2) is 4.50. The van der Waals surface area contributed by atoms with Crippen LogP contribution >= 0.6 is 8.44 Å². The summed E-state index contributed by atoms with van der Waals surface area (Å²) in [6, 6.07) is 0. The van der Waals surface area contributed by atoms with Gasteiger partial charge < -0.3 is 10.7 Å². The second-order valence-electron chi connectivity index (χ2n) is 0.260. The van der Waals surface area contributed by atoms with Crippen LogP contribution in [0.4, 0.5) is 0 Å². The SMILES string of the molecule is N.O=S([O-])P. The quantitative estimate of drug-likeness (QED) is 0.350. The highest BCUT2D eigenvalue weighted by Gasteiger charge is 1.41. The molecule has 3 nitrogen and oxygen atoms in total. The molecule has 2 unspecified atom stereocenters. The van der Waals surface area contributed by atoms with E-state index in [0.717, 1.165) is 0 Å². The van der Waals surface area contributed by atoms with Crippen LogP contribution in [-0.2, 0) is 10.7 Å². The highest BCUT2D eigenvalue weighted by atomic mass is 32.7. The number of hydrogen-bond donors (Lipinski definition) is 1. The zero-order valence-electron chi connectivity index (χ0n) is 2.51. The Hall–Kier alpha value is 0.500. The highest BCUT2D eigenvalue weighted by molar-refractivity contribution is 8.29. The molecule has 0 aliphatic carbocycles. The molecule has 5 heavy (non-hydrogen) atoms. The first-order valence-electron chi connectivity index (χ1n) is 0.569. The maximum absolute atomic E-state index is 8.96. The fourth-order valence-corrected chi connectivity index (χ4v) is 0. The molecule has 0 heterocycles. The van der Waals surface area contributed by atoms with Crippen molar-refractivity contribution in [2.24, 2.45) is 0 Å². The van der Waals surface area contributed by atoms with Gasteiger partial charge in [-0.3, -0.25) is 4.21 Å². The molecule has 0 bridgehead atoms. The average Bonchev–Trinajstić information content (AvgIpc) is 0.811. The summed E-state index contributed by atoms with van der Waals surface area (Å²) < 4.78 is 17.9. The Balaban J connectivity index is 0. The van der Waals surface area contributed by atoms with Crippen molar-refractivity contribution in [3.05, 3.63) is 0 Å². The van der Waals surface area contributed by atoms with Gasteiger partial charge in [0.1, 0.15) is 0 Å². The second-order valence-corrected chi connectivity index (χ2v) is 1.94. The third-order valence-corrected chi connectivity index (χ3v) is 0. The molecule has 0 aliphatic heterocycles. The maximum Gasteiger partial charge on any atom is -0.0378 e. The lowest BCUT2D eigenvalue weighted by molar-refractivity contribution is 0.553. The minimum Gasteiger partial charge on any atom is -0.769 e. The van der Waals surface area contributed by atoms with Crippen molar-refractivity contribution in [1.29, 1.82) is 0 Å². The molecule has 0 aromatic rings. The monoisotopic (exact) mass is 114 g/mol. The summed E-state index contributed by atoms with van der Waals surface area (Å²) in [5.41, 5.74) is 0. The molecule has 0 fully saturated rings. The summed E-state index contributed by atoms with van der Waals surface area (Å²) in [5.74, 6) is 0. The molecule has 0 aromatic carbocycles. The summed E-state index contributed by atoms with van der Waals surface area (Å²) in [7, 11) is -0.370. The average molecular weight is 114 g/mol. The topological polar surface area (TPSA) is 75.1 Å². The van der Waals surface area contributed by atoms with Crippen molar-refractivity contribution in [3.63, 3.8) is 0 Å². The molecule has 0 aliphatic rings. The maximum atomic E-state index is 8.96. The Morgan fingerprint density at radius 2 is 1.80 bits per heavy atom. The molecule has 0 radical (unpaired) electrons. The predicted molar refractivity (Wildman–Crippen MR) is 23.7 cm³/mol. The normalized spacial score (nSPS) is 12.4. The lowest BCUT2D eigenvalue weighted by Crippen LogP contribution is -1.60. The predicted octanol–water partition coefficient (Wildman–Crippen LogP) is -0.182. The zero-order valence-corrected chi connectivity index (χ0v) is 4.48. The van der Waals surface area contributed by atoms with Crippen molar-refractivity contribution in [1.82, 2.24) is 6.15 Å². The number of hydrogen-bond acceptors (Lipinski definition) is 3. The van der Waals surface area contributed by atoms with Gasteiger partial charge in [-0.15, -0.1) is 0 Å². The molecular formula is H5NO2PS-. The largest absolute Gasteiger partial charge is 0.769 e. The van der Waals surface area contributed by atoms with Gasteiger partial charge in [0, 0.05) is 0 Å². The van der Waals surface area contributed by atoms with Gasteiger partial charge >= 0.3 is 0 Å². The lowest BCUT2D eigenvalue weighted by atomic mass is 14.0. The first kappa shape index (κ1) is 9.09. The van der Waals surface area contributed by atoms with Crippen LogP contribution < -0.4 is 6.15 Å². The third-order valence-electron chi connectivity index (χ3n) is 0. The summed E-state index contributed by atoms with van der Waals surface area (Å²) >= 11 is 0. The van der Waals surface area contributed by atoms with Crippen LogP contribution in [0.5, 0.6) is 0 Å². The summed E-state index contributed by atoms with van der Waals surface area (Å²) in [6.07, 6.45) is 0. The van der Waals surface area contributed by atoms with Crippen molar-refractivity contribution in [2.75, 3.05) is 0 Å². The molecule has 2 atom stereocenters. The minimum atomic E-state index is -1.94. The van der Waals surface area contributed by atoms with Gasteiger partial charge in [-0.05, 0) is 10.7 Å². The molecule has 5 heteroatoms. The fraction of sp³-hybridized carbons (Fsp3) is 0. The van der Waals surface area contributed by atoms with Crippen LogP contribution in [0.2, 0.25) is 0 Å². The van der Waals surface area contributed by atoms with E-state index in [-0.39, 0.29) is 6.15 Å². The van der Waals surface area contributed by atoms with E-state index in [2.05, 4.69) is 0 Å². The molecule has 0 saturated carbocycles. The molecule has 0 saturated heterocycles. The van der Waals surface area contributed by atoms with E-state index < -0.39 is 10.7 Å². The van der Waals surface area contributed by atoms with E-state index in [9.17, 15) is 0 Å². The van der Waals surface area contributed by atoms with Crippen LogP contribution in [0.15, 0.2) is 0 Å². The first-order chi connectivity index (χ1) is 1.73. The Morgan fingerprint density at radius 1 is 1.80 bits per heavy atom. The van der Waals surface area contributed by atoms with E-state index >= 15 is 0 Å². The standard InChI is InChI=1S/H3N.H3O2PS/c;1-4(2)3/h1H3;3H2,(H,1,2)/p-1. The highest BCUT2D eigenvalue weighted by Crippen LogP contribution is 1.79. The van der Waals surface area contributed by atoms with Crippen LogP contribution in [0, 0.1) is 0 Å². The van der Waals surface area contributed by atoms with Gasteiger partial charge in [-0.25, -0.2) is 0 Å². The van der Waals surface area contributed by atoms with E-state index in [0.29, 0.717) is 0 Å². The molecule has 0 aromatic heterocycles. The van der Waals surface area contributed by atoms with E-state index in [1.807, 2.05) is 0 Å². The minimum absolute atomic E-state index is 0. The van der Waals surface area contributed by atoms with Crippen LogP contribution in [-0.4, -0.2) is 8.76 Å². The Kier molecular flexibility index (Phi) is 8.18. The Bertz CT molecular complexity index is 32.6. The molecule has 0 amide bonds. The third kappa shape index (κ3) is 113. The van der Waals surface area contributed by atoms with Crippen molar-refractivity contribution >= 4 is 19.1 Å².